The molecule has 0 atom stereocenters. The lowest BCUT2D eigenvalue weighted by molar-refractivity contribution is 0.380. The average Bonchev–Trinajstić information content (AvgIpc) is 2.12. The van der Waals surface area contributed by atoms with Crippen LogP contribution in [0.2, 0.25) is 0 Å². The van der Waals surface area contributed by atoms with E-state index in [1.54, 1.807) is 0 Å². The minimum absolute atomic E-state index is 0.0961. The summed E-state index contributed by atoms with van der Waals surface area (Å²) in [5, 5.41) is 0.0961. The van der Waals surface area contributed by atoms with Crippen LogP contribution in [0.5, 0.6) is 0 Å². The summed E-state index contributed by atoms with van der Waals surface area (Å²) in [4.78, 5) is 18.3. The Kier molecular flexibility index (Phi) is 8.34. The van der Waals surface area contributed by atoms with Crippen LogP contribution in [0.25, 0.3) is 0 Å². The number of allylic oxidation sites excluding steroid dienone is 2. The fourth-order valence-corrected chi connectivity index (χ4v) is 3.08. The summed E-state index contributed by atoms with van der Waals surface area (Å²) in [6, 6.07) is 0. The molecule has 0 radical (unpaired) electrons. The van der Waals surface area contributed by atoms with E-state index < -0.39 is 7.60 Å². The maximum atomic E-state index is 11.2. The van der Waals surface area contributed by atoms with Crippen molar-refractivity contribution in [1.29, 1.82) is 0 Å². The molecule has 0 aliphatic carbocycles. The van der Waals surface area contributed by atoms with E-state index in [1.165, 1.54) is 0 Å². The molecule has 0 fully saturated rings. The first-order valence-electron chi connectivity index (χ1n) is 4.42. The van der Waals surface area contributed by atoms with Gasteiger partial charge in [-0.3, -0.25) is 4.57 Å². The third-order valence-corrected chi connectivity index (χ3v) is 3.69. The molecule has 3 nitrogen and oxygen atoms in total. The highest BCUT2D eigenvalue weighted by Crippen LogP contribution is 2.49. The molecule has 0 aliphatic heterocycles. The lowest BCUT2D eigenvalue weighted by atomic mass is 10.1. The molecule has 90 valence electrons. The predicted octanol–water partition coefficient (Wildman–Crippen LogP) is 3.30. The maximum absolute atomic E-state index is 11.2. The summed E-state index contributed by atoms with van der Waals surface area (Å²) in [6.45, 7) is 0. The van der Waals surface area contributed by atoms with E-state index >= 15 is 0 Å². The van der Waals surface area contributed by atoms with Gasteiger partial charge >= 0.3 is 7.60 Å². The van der Waals surface area contributed by atoms with E-state index in [0.29, 0.717) is 30.2 Å². The first-order valence-corrected chi connectivity index (χ1v) is 7.63. The van der Waals surface area contributed by atoms with Crippen molar-refractivity contribution in [2.24, 2.45) is 0 Å². The van der Waals surface area contributed by atoms with Crippen molar-refractivity contribution in [1.82, 2.24) is 0 Å². The van der Waals surface area contributed by atoms with Crippen molar-refractivity contribution in [3.63, 3.8) is 0 Å². The van der Waals surface area contributed by atoms with Crippen molar-refractivity contribution >= 4 is 42.4 Å². The van der Waals surface area contributed by atoms with Gasteiger partial charge in [-0.1, -0.05) is 5.57 Å². The second kappa shape index (κ2) is 7.94. The molecule has 0 aliphatic rings. The monoisotopic (exact) mass is 294 g/mol. The fourth-order valence-electron chi connectivity index (χ4n) is 1.26. The highest BCUT2D eigenvalue weighted by atomic mass is 35.5. The van der Waals surface area contributed by atoms with Gasteiger partial charge in [-0.15, -0.1) is 34.8 Å². The minimum Gasteiger partial charge on any atom is -0.321 e. The molecule has 0 heterocycles. The van der Waals surface area contributed by atoms with Gasteiger partial charge in [0.05, 0.1) is 0 Å². The Morgan fingerprint density at radius 2 is 1.33 bits per heavy atom. The van der Waals surface area contributed by atoms with Gasteiger partial charge in [0.1, 0.15) is 0 Å². The lowest BCUT2D eigenvalue weighted by Crippen LogP contribution is -1.98. The number of rotatable bonds is 7. The molecule has 0 saturated heterocycles. The summed E-state index contributed by atoms with van der Waals surface area (Å²) in [5.41, 5.74) is 0.633. The molecule has 2 N–H and O–H groups in total. The number of alkyl halides is 3. The summed E-state index contributed by atoms with van der Waals surface area (Å²) in [7, 11) is -4.23. The van der Waals surface area contributed by atoms with Gasteiger partial charge in [-0.25, -0.2) is 0 Å². The summed E-state index contributed by atoms with van der Waals surface area (Å²) in [5.74, 6) is 0.810. The molecule has 7 heteroatoms. The molecule has 0 bridgehead atoms. The Hall–Kier alpha value is 0.760. The molecule has 0 saturated carbocycles. The van der Waals surface area contributed by atoms with E-state index in [4.69, 9.17) is 44.6 Å². The Morgan fingerprint density at radius 1 is 0.933 bits per heavy atom. The predicted molar refractivity (Wildman–Crippen MR) is 65.1 cm³/mol. The van der Waals surface area contributed by atoms with Crippen molar-refractivity contribution in [2.45, 2.75) is 19.3 Å². The van der Waals surface area contributed by atoms with Gasteiger partial charge in [0.2, 0.25) is 0 Å². The van der Waals surface area contributed by atoms with E-state index in [-0.39, 0.29) is 17.6 Å². The molecular formula is C8H14Cl3O3P. The summed E-state index contributed by atoms with van der Waals surface area (Å²) < 4.78 is 11.2. The molecule has 0 rings (SSSR count). The molecule has 15 heavy (non-hydrogen) atoms. The van der Waals surface area contributed by atoms with Gasteiger partial charge in [-0.2, -0.15) is 0 Å². The maximum Gasteiger partial charge on any atom is 0.352 e. The molecule has 0 amide bonds. The Bertz CT molecular complexity index is 254. The standard InChI is InChI=1S/C8H14Cl3O3P/c9-4-1-7(2-5-10)8(3-6-11)15(12,13)14/h1-6H2,(H2,12,13,14). The van der Waals surface area contributed by atoms with Crippen molar-refractivity contribution < 1.29 is 14.4 Å². The molecule has 0 aromatic rings. The first-order chi connectivity index (χ1) is 6.97. The zero-order valence-corrected chi connectivity index (χ0v) is 11.3. The van der Waals surface area contributed by atoms with Gasteiger partial charge in [0, 0.05) is 23.0 Å². The van der Waals surface area contributed by atoms with Crippen molar-refractivity contribution in [2.75, 3.05) is 17.6 Å². The van der Waals surface area contributed by atoms with Gasteiger partial charge in [0.15, 0.2) is 0 Å². The fraction of sp³-hybridized carbons (Fsp3) is 0.750. The highest BCUT2D eigenvalue weighted by molar-refractivity contribution is 7.56. The van der Waals surface area contributed by atoms with Gasteiger partial charge in [-0.05, 0) is 19.3 Å². The lowest BCUT2D eigenvalue weighted by Gasteiger charge is -2.14. The summed E-state index contributed by atoms with van der Waals surface area (Å²) in [6.07, 6.45) is 1.05. The van der Waals surface area contributed by atoms with E-state index in [9.17, 15) is 4.57 Å². The van der Waals surface area contributed by atoms with E-state index in [1.807, 2.05) is 0 Å². The van der Waals surface area contributed by atoms with Crippen molar-refractivity contribution in [3.05, 3.63) is 10.9 Å². The Labute approximate surface area is 105 Å². The summed E-state index contributed by atoms with van der Waals surface area (Å²) >= 11 is 16.6. The van der Waals surface area contributed by atoms with Gasteiger partial charge in [0.25, 0.3) is 0 Å². The molecular weight excluding hydrogens is 281 g/mol. The number of halogens is 3. The zero-order valence-electron chi connectivity index (χ0n) is 8.13. The zero-order chi connectivity index (χ0) is 11.9. The molecule has 0 unspecified atom stereocenters. The average molecular weight is 296 g/mol. The number of hydrogen-bond acceptors (Lipinski definition) is 1. The minimum atomic E-state index is -4.23. The Morgan fingerprint density at radius 3 is 1.60 bits per heavy atom. The quantitative estimate of drug-likeness (QED) is 0.559. The van der Waals surface area contributed by atoms with Gasteiger partial charge < -0.3 is 9.79 Å². The normalized spacial score (nSPS) is 11.5. The Balaban J connectivity index is 5.04. The second-order valence-electron chi connectivity index (χ2n) is 2.91. The molecule has 0 spiro atoms. The van der Waals surface area contributed by atoms with Crippen LogP contribution in [0.3, 0.4) is 0 Å². The first kappa shape index (κ1) is 15.8. The topological polar surface area (TPSA) is 57.5 Å². The van der Waals surface area contributed by atoms with Crippen LogP contribution >= 0.6 is 42.4 Å². The smallest absolute Gasteiger partial charge is 0.321 e. The van der Waals surface area contributed by atoms with E-state index in [2.05, 4.69) is 0 Å². The van der Waals surface area contributed by atoms with Crippen LogP contribution in [-0.2, 0) is 4.57 Å². The van der Waals surface area contributed by atoms with Crippen LogP contribution < -0.4 is 0 Å². The van der Waals surface area contributed by atoms with E-state index in [0.717, 1.165) is 0 Å². The molecule has 0 aromatic carbocycles. The van der Waals surface area contributed by atoms with Crippen LogP contribution in [0.1, 0.15) is 19.3 Å². The SMILES string of the molecule is O=P(O)(O)C(CCCl)=C(CCCl)CCCl. The van der Waals surface area contributed by atoms with Crippen LogP contribution in [0.15, 0.2) is 10.9 Å². The third-order valence-electron chi connectivity index (χ3n) is 1.88. The second-order valence-corrected chi connectivity index (χ2v) is 5.67. The van der Waals surface area contributed by atoms with Crippen LogP contribution in [-0.4, -0.2) is 27.4 Å². The number of hydrogen-bond donors (Lipinski definition) is 2. The van der Waals surface area contributed by atoms with Crippen molar-refractivity contribution in [3.8, 4) is 0 Å². The van der Waals surface area contributed by atoms with Crippen LogP contribution in [0.4, 0.5) is 0 Å². The highest BCUT2D eigenvalue weighted by Gasteiger charge is 2.23. The third kappa shape index (κ3) is 6.15. The molecule has 0 aromatic heterocycles. The largest absolute Gasteiger partial charge is 0.352 e. The van der Waals surface area contributed by atoms with Crippen LogP contribution in [0, 0.1) is 0 Å².